The molecular formula is C24H21F3N2O5S. The van der Waals surface area contributed by atoms with Gasteiger partial charge in [-0.05, 0) is 61.5 Å². The van der Waals surface area contributed by atoms with Crippen LogP contribution in [0.3, 0.4) is 0 Å². The largest absolute Gasteiger partial charge is 0.484 e. The highest BCUT2D eigenvalue weighted by Crippen LogP contribution is 2.39. The number of nitrogens with zero attached hydrogens (tertiary/aromatic N) is 1. The first-order valence-electron chi connectivity index (χ1n) is 10.6. The number of halogens is 3. The number of ether oxygens (including phenoxy) is 2. The van der Waals surface area contributed by atoms with Crippen LogP contribution in [0.1, 0.15) is 17.3 Å². The van der Waals surface area contributed by atoms with Crippen molar-refractivity contribution in [1.29, 1.82) is 0 Å². The van der Waals surface area contributed by atoms with E-state index in [1.807, 2.05) is 0 Å². The van der Waals surface area contributed by atoms with Crippen LogP contribution < -0.4 is 14.4 Å². The molecule has 3 aromatic rings. The average Bonchev–Trinajstić information content (AvgIpc) is 2.82. The van der Waals surface area contributed by atoms with Gasteiger partial charge in [0.15, 0.2) is 0 Å². The average molecular weight is 507 g/mol. The third kappa shape index (κ3) is 5.10. The monoisotopic (exact) mass is 506 g/mol. The highest BCUT2D eigenvalue weighted by Gasteiger charge is 2.35. The highest BCUT2D eigenvalue weighted by molar-refractivity contribution is 7.92. The molecule has 0 fully saturated rings. The van der Waals surface area contributed by atoms with E-state index in [-0.39, 0.29) is 35.2 Å². The molecule has 1 amide bonds. The number of carbonyl (C=O) groups excluding carboxylic acids is 1. The van der Waals surface area contributed by atoms with Crippen molar-refractivity contribution in [2.45, 2.75) is 17.9 Å². The fourth-order valence-corrected chi connectivity index (χ4v) is 5.09. The number of rotatable bonds is 7. The Morgan fingerprint density at radius 1 is 1.09 bits per heavy atom. The van der Waals surface area contributed by atoms with Gasteiger partial charge in [-0.2, -0.15) is 0 Å². The van der Waals surface area contributed by atoms with Gasteiger partial charge in [-0.1, -0.05) is 6.07 Å². The van der Waals surface area contributed by atoms with E-state index in [9.17, 15) is 26.4 Å². The lowest BCUT2D eigenvalue weighted by atomic mass is 10.1. The fraction of sp³-hybridized carbons (Fsp3) is 0.208. The Hall–Kier alpha value is -3.57. The number of sulfonamides is 1. The molecule has 0 aromatic heterocycles. The summed E-state index contributed by atoms with van der Waals surface area (Å²) in [5.74, 6) is -3.52. The minimum absolute atomic E-state index is 0.0857. The second-order valence-corrected chi connectivity index (χ2v) is 9.48. The number of fused-ring (bicyclic) bond motifs is 1. The van der Waals surface area contributed by atoms with Gasteiger partial charge in [-0.15, -0.1) is 0 Å². The Balaban J connectivity index is 1.71. The van der Waals surface area contributed by atoms with Crippen LogP contribution in [0, 0.1) is 17.5 Å². The summed E-state index contributed by atoms with van der Waals surface area (Å²) in [4.78, 5) is 12.4. The molecule has 184 valence electrons. The number of carbonyl (C=O) groups is 1. The number of nitrogens with one attached hydrogen (secondary N) is 1. The first-order chi connectivity index (χ1) is 16.7. The SMILES string of the molecule is CCOCC1CN(S(=O)(=O)c2ccc(F)cc2)c2cc(NC(=O)c3c(F)cccc3F)ccc2O1. The smallest absolute Gasteiger partial charge is 0.264 e. The molecule has 11 heteroatoms. The molecule has 3 aromatic carbocycles. The summed E-state index contributed by atoms with van der Waals surface area (Å²) in [7, 11) is -4.16. The maximum absolute atomic E-state index is 14.0. The van der Waals surface area contributed by atoms with Crippen molar-refractivity contribution in [2.75, 3.05) is 29.4 Å². The Kier molecular flexibility index (Phi) is 6.99. The van der Waals surface area contributed by atoms with E-state index in [2.05, 4.69) is 5.32 Å². The molecule has 1 heterocycles. The second kappa shape index (κ2) is 9.96. The molecule has 35 heavy (non-hydrogen) atoms. The van der Waals surface area contributed by atoms with Crippen molar-refractivity contribution in [3.8, 4) is 5.75 Å². The van der Waals surface area contributed by atoms with Gasteiger partial charge in [0.25, 0.3) is 15.9 Å². The molecule has 0 saturated heterocycles. The number of hydrogen-bond donors (Lipinski definition) is 1. The quantitative estimate of drug-likeness (QED) is 0.515. The normalized spacial score (nSPS) is 15.3. The van der Waals surface area contributed by atoms with Crippen molar-refractivity contribution >= 4 is 27.3 Å². The predicted molar refractivity (Wildman–Crippen MR) is 123 cm³/mol. The first-order valence-corrected chi connectivity index (χ1v) is 12.1. The molecule has 1 aliphatic rings. The molecule has 7 nitrogen and oxygen atoms in total. The van der Waals surface area contributed by atoms with E-state index >= 15 is 0 Å². The van der Waals surface area contributed by atoms with Crippen LogP contribution in [-0.2, 0) is 14.8 Å². The zero-order valence-corrected chi connectivity index (χ0v) is 19.3. The summed E-state index contributed by atoms with van der Waals surface area (Å²) >= 11 is 0. The minimum atomic E-state index is -4.16. The standard InChI is InChI=1S/C24H21F3N2O5S/c1-2-33-14-17-13-29(35(31,32)18-9-6-15(25)7-10-18)21-12-16(8-11-22(21)34-17)28-24(30)23-19(26)4-3-5-20(23)27/h3-12,17H,2,13-14H2,1H3,(H,28,30). The number of anilines is 2. The van der Waals surface area contributed by atoms with E-state index in [1.165, 1.54) is 18.2 Å². The van der Waals surface area contributed by atoms with Crippen LogP contribution in [-0.4, -0.2) is 40.2 Å². The summed E-state index contributed by atoms with van der Waals surface area (Å²) < 4.78 is 80.6. The Bertz CT molecular complexity index is 1330. The van der Waals surface area contributed by atoms with Crippen molar-refractivity contribution in [2.24, 2.45) is 0 Å². The van der Waals surface area contributed by atoms with Crippen LogP contribution in [0.25, 0.3) is 0 Å². The third-order valence-corrected chi connectivity index (χ3v) is 7.04. The lowest BCUT2D eigenvalue weighted by Gasteiger charge is -2.35. The molecule has 0 spiro atoms. The molecule has 0 saturated carbocycles. The summed E-state index contributed by atoms with van der Waals surface area (Å²) in [6, 6.07) is 11.6. The predicted octanol–water partition coefficient (Wildman–Crippen LogP) is 4.35. The van der Waals surface area contributed by atoms with Crippen molar-refractivity contribution < 1.29 is 35.9 Å². The lowest BCUT2D eigenvalue weighted by molar-refractivity contribution is 0.0577. The first kappa shape index (κ1) is 24.6. The molecule has 1 unspecified atom stereocenters. The van der Waals surface area contributed by atoms with Crippen LogP contribution in [0.15, 0.2) is 65.6 Å². The van der Waals surface area contributed by atoms with Gasteiger partial charge in [0.05, 0.1) is 23.7 Å². The van der Waals surface area contributed by atoms with Gasteiger partial charge in [-0.25, -0.2) is 21.6 Å². The highest BCUT2D eigenvalue weighted by atomic mass is 32.2. The summed E-state index contributed by atoms with van der Waals surface area (Å²) in [6.07, 6.45) is -0.634. The molecule has 1 aliphatic heterocycles. The minimum Gasteiger partial charge on any atom is -0.484 e. The maximum Gasteiger partial charge on any atom is 0.264 e. The summed E-state index contributed by atoms with van der Waals surface area (Å²) in [6.45, 7) is 2.19. The number of amides is 1. The second-order valence-electron chi connectivity index (χ2n) is 7.62. The Labute approximate surface area is 200 Å². The van der Waals surface area contributed by atoms with Crippen molar-refractivity contribution in [3.05, 3.63) is 83.7 Å². The van der Waals surface area contributed by atoms with Crippen molar-refractivity contribution in [3.63, 3.8) is 0 Å². The van der Waals surface area contributed by atoms with E-state index in [1.54, 1.807) is 6.92 Å². The van der Waals surface area contributed by atoms with Crippen LogP contribution in [0.2, 0.25) is 0 Å². The lowest BCUT2D eigenvalue weighted by Crippen LogP contribution is -2.45. The van der Waals surface area contributed by atoms with Crippen molar-refractivity contribution in [1.82, 2.24) is 0 Å². The van der Waals surface area contributed by atoms with Gasteiger partial charge in [0.1, 0.15) is 34.9 Å². The van der Waals surface area contributed by atoms with Crippen LogP contribution in [0.4, 0.5) is 24.5 Å². The third-order valence-electron chi connectivity index (χ3n) is 5.25. The van der Waals surface area contributed by atoms with Crippen LogP contribution >= 0.6 is 0 Å². The van der Waals surface area contributed by atoms with Gasteiger partial charge < -0.3 is 14.8 Å². The molecule has 0 bridgehead atoms. The topological polar surface area (TPSA) is 84.9 Å². The zero-order chi connectivity index (χ0) is 25.2. The summed E-state index contributed by atoms with van der Waals surface area (Å²) in [5, 5.41) is 2.38. The van der Waals surface area contributed by atoms with E-state index in [4.69, 9.17) is 9.47 Å². The Morgan fingerprint density at radius 3 is 2.43 bits per heavy atom. The van der Waals surface area contributed by atoms with Gasteiger partial charge >= 0.3 is 0 Å². The van der Waals surface area contributed by atoms with E-state index in [0.29, 0.717) is 6.61 Å². The zero-order valence-electron chi connectivity index (χ0n) is 18.5. The van der Waals surface area contributed by atoms with E-state index < -0.39 is 45.0 Å². The molecule has 1 N–H and O–H groups in total. The van der Waals surface area contributed by atoms with Gasteiger partial charge in [0, 0.05) is 12.3 Å². The molecule has 0 aliphatic carbocycles. The maximum atomic E-state index is 14.0. The molecule has 0 radical (unpaired) electrons. The molecular weight excluding hydrogens is 485 g/mol. The van der Waals surface area contributed by atoms with Crippen LogP contribution in [0.5, 0.6) is 5.75 Å². The molecule has 4 rings (SSSR count). The van der Waals surface area contributed by atoms with Gasteiger partial charge in [-0.3, -0.25) is 9.10 Å². The number of hydrogen-bond acceptors (Lipinski definition) is 5. The Morgan fingerprint density at radius 2 is 1.77 bits per heavy atom. The van der Waals surface area contributed by atoms with E-state index in [0.717, 1.165) is 46.8 Å². The number of benzene rings is 3. The fourth-order valence-electron chi connectivity index (χ4n) is 3.60. The van der Waals surface area contributed by atoms with Gasteiger partial charge in [0.2, 0.25) is 0 Å². The molecule has 1 atom stereocenters. The summed E-state index contributed by atoms with van der Waals surface area (Å²) in [5.41, 5.74) is -0.592.